The maximum absolute atomic E-state index is 6.03. The molecule has 0 aliphatic heterocycles. The van der Waals surface area contributed by atoms with Crippen molar-refractivity contribution in [3.63, 3.8) is 0 Å². The van der Waals surface area contributed by atoms with E-state index in [2.05, 4.69) is 35.6 Å². The summed E-state index contributed by atoms with van der Waals surface area (Å²) in [4.78, 5) is 0. The minimum Gasteiger partial charge on any atom is -0.376 e. The Bertz CT molecular complexity index is 306. The first kappa shape index (κ1) is 12.6. The van der Waals surface area contributed by atoms with E-state index in [0.717, 1.165) is 6.61 Å². The molecule has 1 atom stereocenters. The van der Waals surface area contributed by atoms with Gasteiger partial charge < -0.3 is 10.1 Å². The number of hydrogen-bond donors (Lipinski definition) is 1. The monoisotopic (exact) mass is 233 g/mol. The smallest absolute Gasteiger partial charge is 0.0665 e. The Hall–Kier alpha value is -0.860. The van der Waals surface area contributed by atoms with Gasteiger partial charge in [-0.2, -0.15) is 0 Å². The van der Waals surface area contributed by atoms with Crippen molar-refractivity contribution in [2.45, 2.75) is 44.2 Å². The van der Waals surface area contributed by atoms with E-state index in [-0.39, 0.29) is 0 Å². The van der Waals surface area contributed by atoms with Crippen LogP contribution in [0.2, 0.25) is 0 Å². The van der Waals surface area contributed by atoms with Crippen LogP contribution in [0.4, 0.5) is 0 Å². The molecular formula is C15H23NO. The van der Waals surface area contributed by atoms with Crippen molar-refractivity contribution in [3.8, 4) is 0 Å². The lowest BCUT2D eigenvalue weighted by Crippen LogP contribution is -2.26. The molecule has 94 valence electrons. The molecule has 0 bridgehead atoms. The largest absolute Gasteiger partial charge is 0.376 e. The summed E-state index contributed by atoms with van der Waals surface area (Å²) >= 11 is 0. The maximum Gasteiger partial charge on any atom is 0.0665 e. The van der Waals surface area contributed by atoms with Crippen molar-refractivity contribution in [1.29, 1.82) is 0 Å². The van der Waals surface area contributed by atoms with Crippen molar-refractivity contribution in [1.82, 2.24) is 5.32 Å². The SMILES string of the molecule is CNC(COC1CCCCC1)c1ccccc1. The average Bonchev–Trinajstić information content (AvgIpc) is 2.42. The average molecular weight is 233 g/mol. The standard InChI is InChI=1S/C15H23NO/c1-16-15(13-8-4-2-5-9-13)12-17-14-10-6-3-7-11-14/h2,4-5,8-9,14-16H,3,6-7,10-12H2,1H3. The van der Waals surface area contributed by atoms with Gasteiger partial charge in [-0.25, -0.2) is 0 Å². The van der Waals surface area contributed by atoms with Crippen LogP contribution in [0, 0.1) is 0 Å². The summed E-state index contributed by atoms with van der Waals surface area (Å²) in [6.45, 7) is 0.783. The van der Waals surface area contributed by atoms with Crippen LogP contribution in [0.1, 0.15) is 43.7 Å². The van der Waals surface area contributed by atoms with Gasteiger partial charge in [0.15, 0.2) is 0 Å². The Labute approximate surface area is 104 Å². The third kappa shape index (κ3) is 3.83. The molecule has 0 amide bonds. The van der Waals surface area contributed by atoms with E-state index in [4.69, 9.17) is 4.74 Å². The number of likely N-dealkylation sites (N-methyl/N-ethyl adjacent to an activating group) is 1. The highest BCUT2D eigenvalue weighted by atomic mass is 16.5. The summed E-state index contributed by atoms with van der Waals surface area (Å²) in [5.41, 5.74) is 1.31. The molecule has 2 rings (SSSR count). The van der Waals surface area contributed by atoms with Gasteiger partial charge in [0.2, 0.25) is 0 Å². The van der Waals surface area contributed by atoms with Gasteiger partial charge in [-0.3, -0.25) is 0 Å². The molecular weight excluding hydrogens is 210 g/mol. The number of ether oxygens (including phenoxy) is 1. The van der Waals surface area contributed by atoms with Crippen molar-refractivity contribution >= 4 is 0 Å². The molecule has 1 aliphatic rings. The Morgan fingerprint density at radius 3 is 2.53 bits per heavy atom. The Kier molecular flexibility index (Phi) is 5.02. The fourth-order valence-electron chi connectivity index (χ4n) is 2.50. The van der Waals surface area contributed by atoms with E-state index in [1.165, 1.54) is 37.7 Å². The molecule has 0 radical (unpaired) electrons. The minimum absolute atomic E-state index is 0.318. The van der Waals surface area contributed by atoms with E-state index >= 15 is 0 Å². The van der Waals surface area contributed by atoms with Crippen LogP contribution in [0.5, 0.6) is 0 Å². The van der Waals surface area contributed by atoms with Crippen molar-refractivity contribution in [2.24, 2.45) is 0 Å². The van der Waals surface area contributed by atoms with E-state index in [1.807, 2.05) is 7.05 Å². The minimum atomic E-state index is 0.318. The Balaban J connectivity index is 1.83. The fraction of sp³-hybridized carbons (Fsp3) is 0.600. The Morgan fingerprint density at radius 2 is 1.88 bits per heavy atom. The summed E-state index contributed by atoms with van der Waals surface area (Å²) in [7, 11) is 2.00. The second-order valence-electron chi connectivity index (χ2n) is 4.85. The van der Waals surface area contributed by atoms with Crippen LogP contribution in [-0.4, -0.2) is 19.8 Å². The molecule has 1 unspecified atom stereocenters. The second-order valence-corrected chi connectivity index (χ2v) is 4.85. The first-order valence-electron chi connectivity index (χ1n) is 6.74. The second kappa shape index (κ2) is 6.77. The maximum atomic E-state index is 6.03. The molecule has 2 nitrogen and oxygen atoms in total. The number of hydrogen-bond acceptors (Lipinski definition) is 2. The zero-order chi connectivity index (χ0) is 11.9. The molecule has 1 N–H and O–H groups in total. The molecule has 1 aromatic carbocycles. The van der Waals surface area contributed by atoms with E-state index in [0.29, 0.717) is 12.1 Å². The topological polar surface area (TPSA) is 21.3 Å². The van der Waals surface area contributed by atoms with Crippen LogP contribution in [-0.2, 0) is 4.74 Å². The van der Waals surface area contributed by atoms with Crippen LogP contribution < -0.4 is 5.32 Å². The van der Waals surface area contributed by atoms with Crippen molar-refractivity contribution in [2.75, 3.05) is 13.7 Å². The van der Waals surface area contributed by atoms with Crippen molar-refractivity contribution < 1.29 is 4.74 Å². The highest BCUT2D eigenvalue weighted by molar-refractivity contribution is 5.18. The third-order valence-corrected chi connectivity index (χ3v) is 3.60. The van der Waals surface area contributed by atoms with Crippen molar-refractivity contribution in [3.05, 3.63) is 35.9 Å². The number of benzene rings is 1. The molecule has 0 saturated heterocycles. The van der Waals surface area contributed by atoms with Gasteiger partial charge >= 0.3 is 0 Å². The van der Waals surface area contributed by atoms with Crippen LogP contribution in [0.15, 0.2) is 30.3 Å². The molecule has 2 heteroatoms. The van der Waals surface area contributed by atoms with Crippen LogP contribution in [0.25, 0.3) is 0 Å². The quantitative estimate of drug-likeness (QED) is 0.842. The predicted molar refractivity (Wildman–Crippen MR) is 71.1 cm³/mol. The molecule has 1 aliphatic carbocycles. The molecule has 17 heavy (non-hydrogen) atoms. The van der Waals surface area contributed by atoms with Gasteiger partial charge in [-0.05, 0) is 25.5 Å². The van der Waals surface area contributed by atoms with Crippen LogP contribution >= 0.6 is 0 Å². The van der Waals surface area contributed by atoms with E-state index < -0.39 is 0 Å². The highest BCUT2D eigenvalue weighted by Crippen LogP contribution is 2.22. The number of nitrogens with one attached hydrogen (secondary N) is 1. The van der Waals surface area contributed by atoms with Gasteiger partial charge in [0.1, 0.15) is 0 Å². The lowest BCUT2D eigenvalue weighted by Gasteiger charge is -2.25. The first-order valence-corrected chi connectivity index (χ1v) is 6.74. The van der Waals surface area contributed by atoms with Gasteiger partial charge in [0, 0.05) is 0 Å². The van der Waals surface area contributed by atoms with Crippen LogP contribution in [0.3, 0.4) is 0 Å². The molecule has 1 aromatic rings. The molecule has 0 spiro atoms. The number of rotatable bonds is 5. The highest BCUT2D eigenvalue weighted by Gasteiger charge is 2.16. The molecule has 1 saturated carbocycles. The van der Waals surface area contributed by atoms with E-state index in [1.54, 1.807) is 0 Å². The molecule has 0 heterocycles. The normalized spacial score (nSPS) is 19.1. The lowest BCUT2D eigenvalue weighted by molar-refractivity contribution is 0.0166. The summed E-state index contributed by atoms with van der Waals surface area (Å²) in [6, 6.07) is 10.9. The zero-order valence-corrected chi connectivity index (χ0v) is 10.7. The fourth-order valence-corrected chi connectivity index (χ4v) is 2.50. The summed E-state index contributed by atoms with van der Waals surface area (Å²) < 4.78 is 6.03. The summed E-state index contributed by atoms with van der Waals surface area (Å²) in [5, 5.41) is 3.33. The first-order chi connectivity index (χ1) is 8.40. The predicted octanol–water partition coefficient (Wildman–Crippen LogP) is 3.30. The molecule has 0 aromatic heterocycles. The lowest BCUT2D eigenvalue weighted by atomic mass is 9.97. The summed E-state index contributed by atoms with van der Waals surface area (Å²) in [5.74, 6) is 0. The van der Waals surface area contributed by atoms with Gasteiger partial charge in [0.05, 0.1) is 18.8 Å². The Morgan fingerprint density at radius 1 is 1.18 bits per heavy atom. The van der Waals surface area contributed by atoms with Gasteiger partial charge in [0.25, 0.3) is 0 Å². The van der Waals surface area contributed by atoms with Gasteiger partial charge in [-0.1, -0.05) is 49.6 Å². The zero-order valence-electron chi connectivity index (χ0n) is 10.7. The molecule has 1 fully saturated rings. The summed E-state index contributed by atoms with van der Waals surface area (Å²) in [6.07, 6.45) is 7.02. The van der Waals surface area contributed by atoms with Gasteiger partial charge in [-0.15, -0.1) is 0 Å². The third-order valence-electron chi connectivity index (χ3n) is 3.60. The van der Waals surface area contributed by atoms with E-state index in [9.17, 15) is 0 Å².